The van der Waals surface area contributed by atoms with Gasteiger partial charge in [-0.15, -0.1) is 0 Å². The zero-order valence-electron chi connectivity index (χ0n) is 31.6. The molecule has 0 saturated carbocycles. The summed E-state index contributed by atoms with van der Waals surface area (Å²) in [6.45, 7) is 0. The van der Waals surface area contributed by atoms with Gasteiger partial charge in [-0.2, -0.15) is 0 Å². The van der Waals surface area contributed by atoms with Crippen molar-refractivity contribution in [1.82, 2.24) is 0 Å². The number of nitrogens with zero attached hydrogens (tertiary/aromatic N) is 4. The molecule has 4 N–H and O–H groups in total. The van der Waals surface area contributed by atoms with Crippen molar-refractivity contribution in [3.05, 3.63) is 191 Å². The molecule has 5 heterocycles. The molecule has 0 saturated heterocycles. The summed E-state index contributed by atoms with van der Waals surface area (Å²) in [5, 5.41) is 13.6. The van der Waals surface area contributed by atoms with E-state index in [9.17, 15) is 0 Å². The van der Waals surface area contributed by atoms with Crippen LogP contribution in [0.25, 0.3) is 22.3 Å². The van der Waals surface area contributed by atoms with Crippen LogP contribution in [-0.4, -0.2) is 51.0 Å². The van der Waals surface area contributed by atoms with E-state index in [2.05, 4.69) is 143 Å². The van der Waals surface area contributed by atoms with Crippen LogP contribution in [0.5, 0.6) is 0 Å². The van der Waals surface area contributed by atoms with Crippen LogP contribution in [0.2, 0.25) is 0 Å². The van der Waals surface area contributed by atoms with Crippen LogP contribution in [0.4, 0.5) is 22.7 Å². The van der Waals surface area contributed by atoms with Gasteiger partial charge in [-0.05, 0) is 72.9 Å². The summed E-state index contributed by atoms with van der Waals surface area (Å²) in [7, 11) is 7.78. The van der Waals surface area contributed by atoms with E-state index in [-0.39, 0.29) is 0 Å². The first-order valence-corrected chi connectivity index (χ1v) is 18.7. The molecule has 0 atom stereocenters. The Hall–Kier alpha value is -7.32. The molecule has 8 heteroatoms. The molecule has 8 nitrogen and oxygen atoms in total. The molecule has 56 heavy (non-hydrogen) atoms. The van der Waals surface area contributed by atoms with Gasteiger partial charge in [-0.3, -0.25) is 0 Å². The molecule has 0 unspecified atom stereocenters. The quantitative estimate of drug-likeness (QED) is 0.145. The first kappa shape index (κ1) is 34.4. The summed E-state index contributed by atoms with van der Waals surface area (Å²) in [5.74, 6) is 0. The molecule has 0 amide bonds. The third kappa shape index (κ3) is 5.88. The maximum atomic E-state index is 5.44. The smallest absolute Gasteiger partial charge is 0.0738 e. The normalized spacial score (nSPS) is 16.8. The summed E-state index contributed by atoms with van der Waals surface area (Å²) < 4.78 is 0. The monoisotopic (exact) mass is 728 g/mol. The number of fused-ring (bicyclic) bond motifs is 4. The standard InChI is InChI=1S/C48H40N8/c1-49-33-17-9-5-13-29(33)45-37-21-23-39(53-37)46(30-14-6-10-18-34(30)50-2)41-25-27-43(55-41)48(32-16-8-12-20-36(32)52-4)44-28-26-42(56-44)47(40-24-22-38(45)54-40)31-15-7-11-19-35(31)51-3/h5-28,49-52H,1-4H3. The molecule has 0 fully saturated rings. The molecule has 5 aliphatic rings. The number of hydrogen-bond donors (Lipinski definition) is 4. The first-order valence-electron chi connectivity index (χ1n) is 18.7. The summed E-state index contributed by atoms with van der Waals surface area (Å²) in [6, 6.07) is 33.2. The molecular weight excluding hydrogens is 689 g/mol. The summed E-state index contributed by atoms with van der Waals surface area (Å²) in [6.07, 6.45) is 16.8. The summed E-state index contributed by atoms with van der Waals surface area (Å²) >= 11 is 0. The fourth-order valence-corrected chi connectivity index (χ4v) is 7.87. The molecule has 8 bridgehead atoms. The number of nitrogens with one attached hydrogen (secondary N) is 4. The molecule has 4 aromatic rings. The minimum atomic E-state index is 0.812. The van der Waals surface area contributed by atoms with Gasteiger partial charge in [0.15, 0.2) is 0 Å². The van der Waals surface area contributed by atoms with Crippen molar-refractivity contribution < 1.29 is 0 Å². The molecule has 5 aliphatic heterocycles. The Morgan fingerprint density at radius 1 is 0.286 bits per heavy atom. The highest BCUT2D eigenvalue weighted by Gasteiger charge is 2.29. The SMILES string of the molecule is CNc1ccccc1C1=C2C=CC(=N2)C(c2ccccc2NC)=C2C=CC(=N2)C(c2ccccc2NC)=C2C=CC(=N2)C(c2ccccc2NC)=C2C=CC1=N2. The maximum absolute atomic E-state index is 5.44. The van der Waals surface area contributed by atoms with Crippen LogP contribution >= 0.6 is 0 Å². The Bertz CT molecular complexity index is 2350. The van der Waals surface area contributed by atoms with Crippen molar-refractivity contribution in [3.63, 3.8) is 0 Å². The van der Waals surface area contributed by atoms with E-state index in [1.54, 1.807) is 0 Å². The van der Waals surface area contributed by atoms with Crippen molar-refractivity contribution in [2.45, 2.75) is 0 Å². The number of benzene rings is 4. The molecule has 0 aromatic heterocycles. The summed E-state index contributed by atoms with van der Waals surface area (Å²) in [4.78, 5) is 21.8. The van der Waals surface area contributed by atoms with Gasteiger partial charge in [0, 0.05) is 95.5 Å². The Morgan fingerprint density at radius 2 is 0.500 bits per heavy atom. The van der Waals surface area contributed by atoms with Gasteiger partial charge in [0.1, 0.15) is 0 Å². The molecular formula is C48H40N8. The predicted molar refractivity (Wildman–Crippen MR) is 238 cm³/mol. The molecule has 4 aromatic carbocycles. The minimum absolute atomic E-state index is 0.812. The second-order valence-corrected chi connectivity index (χ2v) is 13.5. The van der Waals surface area contributed by atoms with Crippen molar-refractivity contribution >= 4 is 67.9 Å². The lowest BCUT2D eigenvalue weighted by Gasteiger charge is -2.16. The largest absolute Gasteiger partial charge is 0.388 e. The lowest BCUT2D eigenvalue weighted by atomic mass is 9.96. The van der Waals surface area contributed by atoms with E-state index in [4.69, 9.17) is 20.0 Å². The van der Waals surface area contributed by atoms with E-state index in [0.717, 1.165) is 113 Å². The number of aliphatic imine (C=N–C) groups is 4. The van der Waals surface area contributed by atoms with Crippen molar-refractivity contribution in [2.24, 2.45) is 20.0 Å². The fourth-order valence-electron chi connectivity index (χ4n) is 7.87. The molecule has 0 aliphatic carbocycles. The second-order valence-electron chi connectivity index (χ2n) is 13.5. The van der Waals surface area contributed by atoms with Crippen LogP contribution < -0.4 is 21.3 Å². The number of rotatable bonds is 8. The first-order chi connectivity index (χ1) is 27.6. The summed E-state index contributed by atoms with van der Waals surface area (Å²) in [5.41, 5.74) is 18.1. The topological polar surface area (TPSA) is 97.6 Å². The van der Waals surface area contributed by atoms with Crippen LogP contribution in [0.3, 0.4) is 0 Å². The number of anilines is 4. The highest BCUT2D eigenvalue weighted by atomic mass is 14.9. The highest BCUT2D eigenvalue weighted by Crippen LogP contribution is 2.42. The number of para-hydroxylation sites is 4. The van der Waals surface area contributed by atoms with Gasteiger partial charge in [-0.25, -0.2) is 20.0 Å². The number of allylic oxidation sites excluding steroid dienone is 12. The third-order valence-corrected chi connectivity index (χ3v) is 10.5. The zero-order valence-corrected chi connectivity index (χ0v) is 31.6. The Labute approximate surface area is 327 Å². The van der Waals surface area contributed by atoms with Crippen LogP contribution in [0.1, 0.15) is 22.3 Å². The van der Waals surface area contributed by atoms with Crippen LogP contribution in [-0.2, 0) is 0 Å². The highest BCUT2D eigenvalue weighted by molar-refractivity contribution is 6.40. The Kier molecular flexibility index (Phi) is 8.91. The average Bonchev–Trinajstić information content (AvgIpc) is 4.10. The van der Waals surface area contributed by atoms with Gasteiger partial charge in [0.25, 0.3) is 0 Å². The van der Waals surface area contributed by atoms with Gasteiger partial charge in [0.05, 0.1) is 45.6 Å². The Morgan fingerprint density at radius 3 is 0.714 bits per heavy atom. The maximum Gasteiger partial charge on any atom is 0.0738 e. The fraction of sp³-hybridized carbons (Fsp3) is 0.0833. The van der Waals surface area contributed by atoms with Gasteiger partial charge in [0.2, 0.25) is 0 Å². The number of hydrogen-bond acceptors (Lipinski definition) is 8. The molecule has 0 radical (unpaired) electrons. The van der Waals surface area contributed by atoms with Crippen LogP contribution in [0.15, 0.2) is 188 Å². The lowest BCUT2D eigenvalue weighted by molar-refractivity contribution is 1.39. The van der Waals surface area contributed by atoms with Gasteiger partial charge < -0.3 is 21.3 Å². The predicted octanol–water partition coefficient (Wildman–Crippen LogP) is 9.86. The zero-order chi connectivity index (χ0) is 38.2. The molecule has 0 spiro atoms. The third-order valence-electron chi connectivity index (χ3n) is 10.5. The van der Waals surface area contributed by atoms with E-state index < -0.39 is 0 Å². The minimum Gasteiger partial charge on any atom is -0.388 e. The van der Waals surface area contributed by atoms with Crippen LogP contribution in [0, 0.1) is 0 Å². The lowest BCUT2D eigenvalue weighted by Crippen LogP contribution is -2.06. The van der Waals surface area contributed by atoms with Crippen molar-refractivity contribution in [3.8, 4) is 0 Å². The molecule has 9 rings (SSSR count). The second kappa shape index (κ2) is 14.5. The van der Waals surface area contributed by atoms with E-state index >= 15 is 0 Å². The molecule has 272 valence electrons. The van der Waals surface area contributed by atoms with E-state index in [1.807, 2.05) is 52.5 Å². The van der Waals surface area contributed by atoms with Gasteiger partial charge >= 0.3 is 0 Å². The Balaban J connectivity index is 1.41. The van der Waals surface area contributed by atoms with Crippen molar-refractivity contribution in [2.75, 3.05) is 49.5 Å². The van der Waals surface area contributed by atoms with E-state index in [1.165, 1.54) is 0 Å². The average molecular weight is 729 g/mol. The van der Waals surface area contributed by atoms with Gasteiger partial charge in [-0.1, -0.05) is 72.8 Å². The van der Waals surface area contributed by atoms with E-state index in [0.29, 0.717) is 0 Å². The van der Waals surface area contributed by atoms with Crippen molar-refractivity contribution in [1.29, 1.82) is 0 Å².